The van der Waals surface area contributed by atoms with Gasteiger partial charge in [0.1, 0.15) is 11.6 Å². The van der Waals surface area contributed by atoms with Crippen molar-refractivity contribution >= 4 is 0 Å². The fraction of sp³-hybridized carbons (Fsp3) is 0.250. The number of phenolic OH excluding ortho intramolecular Hbond substituents is 1. The highest BCUT2D eigenvalue weighted by molar-refractivity contribution is 5.42. The zero-order chi connectivity index (χ0) is 15.4. The Morgan fingerprint density at radius 3 is 2.67 bits per heavy atom. The first-order valence-corrected chi connectivity index (χ1v) is 6.55. The molecule has 3 nitrogen and oxygen atoms in total. The predicted molar refractivity (Wildman–Crippen MR) is 76.3 cm³/mol. The third-order valence-corrected chi connectivity index (χ3v) is 3.31. The van der Waals surface area contributed by atoms with Crippen molar-refractivity contribution in [2.45, 2.75) is 19.5 Å². The fourth-order valence-electron chi connectivity index (χ4n) is 2.02. The van der Waals surface area contributed by atoms with Gasteiger partial charge < -0.3 is 15.2 Å². The first-order chi connectivity index (χ1) is 10.0. The Morgan fingerprint density at radius 2 is 1.95 bits per heavy atom. The van der Waals surface area contributed by atoms with Crippen molar-refractivity contribution in [3.63, 3.8) is 0 Å². The van der Waals surface area contributed by atoms with Crippen LogP contribution in [0, 0.1) is 11.6 Å². The van der Waals surface area contributed by atoms with E-state index in [0.717, 1.165) is 17.7 Å². The van der Waals surface area contributed by atoms with E-state index < -0.39 is 11.6 Å². The SMILES string of the molecule is COc1cc(C(C)NCc2cc(F)ccc2F)ccc1O. The fourth-order valence-corrected chi connectivity index (χ4v) is 2.02. The average Bonchev–Trinajstić information content (AvgIpc) is 2.48. The lowest BCUT2D eigenvalue weighted by Gasteiger charge is -2.16. The minimum Gasteiger partial charge on any atom is -0.504 e. The van der Waals surface area contributed by atoms with Crippen molar-refractivity contribution in [3.8, 4) is 11.5 Å². The Balaban J connectivity index is 2.08. The zero-order valence-corrected chi connectivity index (χ0v) is 11.9. The van der Waals surface area contributed by atoms with Gasteiger partial charge >= 0.3 is 0 Å². The summed E-state index contributed by atoms with van der Waals surface area (Å²) in [5.41, 5.74) is 1.15. The summed E-state index contributed by atoms with van der Waals surface area (Å²) >= 11 is 0. The Morgan fingerprint density at radius 1 is 1.19 bits per heavy atom. The van der Waals surface area contributed by atoms with E-state index in [0.29, 0.717) is 5.75 Å². The number of halogens is 2. The number of ether oxygens (including phenoxy) is 1. The molecule has 0 spiro atoms. The van der Waals surface area contributed by atoms with Crippen molar-refractivity contribution in [2.24, 2.45) is 0 Å². The minimum atomic E-state index is -0.466. The van der Waals surface area contributed by atoms with Crippen LogP contribution in [-0.2, 0) is 6.54 Å². The van der Waals surface area contributed by atoms with E-state index in [4.69, 9.17) is 4.74 Å². The standard InChI is InChI=1S/C16H17F2NO2/c1-10(11-3-6-15(20)16(8-11)21-2)19-9-12-7-13(17)4-5-14(12)18/h3-8,10,19-20H,9H2,1-2H3. The average molecular weight is 293 g/mol. The normalized spacial score (nSPS) is 12.2. The molecule has 0 radical (unpaired) electrons. The lowest BCUT2D eigenvalue weighted by atomic mass is 10.1. The molecule has 112 valence electrons. The summed E-state index contributed by atoms with van der Waals surface area (Å²) in [5, 5.41) is 12.7. The molecule has 0 saturated carbocycles. The molecule has 2 aromatic rings. The number of nitrogens with one attached hydrogen (secondary N) is 1. The summed E-state index contributed by atoms with van der Waals surface area (Å²) in [6, 6.07) is 8.25. The highest BCUT2D eigenvalue weighted by Gasteiger charge is 2.10. The lowest BCUT2D eigenvalue weighted by Crippen LogP contribution is -2.19. The van der Waals surface area contributed by atoms with Gasteiger partial charge in [0.05, 0.1) is 7.11 Å². The van der Waals surface area contributed by atoms with Gasteiger partial charge in [-0.3, -0.25) is 0 Å². The van der Waals surface area contributed by atoms with Gasteiger partial charge in [-0.05, 0) is 42.8 Å². The molecule has 0 aliphatic rings. The molecule has 5 heteroatoms. The quantitative estimate of drug-likeness (QED) is 0.886. The van der Waals surface area contributed by atoms with Crippen LogP contribution in [0.4, 0.5) is 8.78 Å². The van der Waals surface area contributed by atoms with Crippen molar-refractivity contribution in [3.05, 3.63) is 59.2 Å². The maximum absolute atomic E-state index is 13.5. The molecule has 2 N–H and O–H groups in total. The number of benzene rings is 2. The molecule has 1 unspecified atom stereocenters. The molecule has 0 aromatic heterocycles. The highest BCUT2D eigenvalue weighted by Crippen LogP contribution is 2.28. The summed E-state index contributed by atoms with van der Waals surface area (Å²) in [7, 11) is 1.47. The summed E-state index contributed by atoms with van der Waals surface area (Å²) in [5.74, 6) is -0.478. The van der Waals surface area contributed by atoms with Gasteiger partial charge in [0, 0.05) is 18.2 Å². The Kier molecular flexibility index (Phi) is 4.75. The van der Waals surface area contributed by atoms with Crippen molar-refractivity contribution in [2.75, 3.05) is 7.11 Å². The molecule has 0 heterocycles. The maximum atomic E-state index is 13.5. The number of methoxy groups -OCH3 is 1. The van der Waals surface area contributed by atoms with Crippen LogP contribution in [-0.4, -0.2) is 12.2 Å². The predicted octanol–water partition coefficient (Wildman–Crippen LogP) is 3.53. The van der Waals surface area contributed by atoms with Gasteiger partial charge in [-0.25, -0.2) is 8.78 Å². The lowest BCUT2D eigenvalue weighted by molar-refractivity contribution is 0.372. The van der Waals surface area contributed by atoms with Crippen LogP contribution in [0.25, 0.3) is 0 Å². The van der Waals surface area contributed by atoms with E-state index in [2.05, 4.69) is 5.32 Å². The van der Waals surface area contributed by atoms with Gasteiger partial charge in [-0.15, -0.1) is 0 Å². The summed E-state index contributed by atoms with van der Waals surface area (Å²) in [6.45, 7) is 2.09. The molecule has 1 atom stereocenters. The van der Waals surface area contributed by atoms with Gasteiger partial charge in [-0.2, -0.15) is 0 Å². The van der Waals surface area contributed by atoms with E-state index in [1.165, 1.54) is 19.2 Å². The molecule has 0 amide bonds. The van der Waals surface area contributed by atoms with Gasteiger partial charge in [-0.1, -0.05) is 6.07 Å². The molecule has 0 aliphatic heterocycles. The summed E-state index contributed by atoms with van der Waals surface area (Å²) in [4.78, 5) is 0. The van der Waals surface area contributed by atoms with Crippen LogP contribution in [0.5, 0.6) is 11.5 Å². The topological polar surface area (TPSA) is 41.5 Å². The molecular formula is C16H17F2NO2. The molecular weight excluding hydrogens is 276 g/mol. The Labute approximate surface area is 122 Å². The summed E-state index contributed by atoms with van der Waals surface area (Å²) in [6.07, 6.45) is 0. The minimum absolute atomic E-state index is 0.0598. The second-order valence-electron chi connectivity index (χ2n) is 4.77. The molecule has 0 saturated heterocycles. The van der Waals surface area contributed by atoms with E-state index >= 15 is 0 Å². The largest absolute Gasteiger partial charge is 0.504 e. The summed E-state index contributed by atoms with van der Waals surface area (Å²) < 4.78 is 31.7. The third kappa shape index (κ3) is 3.70. The van der Waals surface area contributed by atoms with Gasteiger partial charge in [0.15, 0.2) is 11.5 Å². The molecule has 0 aliphatic carbocycles. The van der Waals surface area contributed by atoms with Gasteiger partial charge in [0.2, 0.25) is 0 Å². The second kappa shape index (κ2) is 6.54. The third-order valence-electron chi connectivity index (χ3n) is 3.31. The van der Waals surface area contributed by atoms with Crippen molar-refractivity contribution in [1.29, 1.82) is 0 Å². The monoisotopic (exact) mass is 293 g/mol. The number of phenols is 1. The first kappa shape index (κ1) is 15.3. The Bertz CT molecular complexity index is 632. The second-order valence-corrected chi connectivity index (χ2v) is 4.77. The van der Waals surface area contributed by atoms with Crippen LogP contribution in [0.2, 0.25) is 0 Å². The van der Waals surface area contributed by atoms with Crippen LogP contribution >= 0.6 is 0 Å². The van der Waals surface area contributed by atoms with Crippen LogP contribution in [0.15, 0.2) is 36.4 Å². The smallest absolute Gasteiger partial charge is 0.160 e. The van der Waals surface area contributed by atoms with Crippen LogP contribution in [0.1, 0.15) is 24.1 Å². The number of hydrogen-bond acceptors (Lipinski definition) is 3. The molecule has 2 aromatic carbocycles. The van der Waals surface area contributed by atoms with E-state index in [9.17, 15) is 13.9 Å². The van der Waals surface area contributed by atoms with E-state index in [1.54, 1.807) is 12.1 Å². The van der Waals surface area contributed by atoms with E-state index in [1.807, 2.05) is 6.92 Å². The Hall–Kier alpha value is -2.14. The maximum Gasteiger partial charge on any atom is 0.160 e. The molecule has 2 rings (SSSR count). The van der Waals surface area contributed by atoms with Crippen molar-refractivity contribution < 1.29 is 18.6 Å². The van der Waals surface area contributed by atoms with Crippen LogP contribution in [0.3, 0.4) is 0 Å². The number of aromatic hydroxyl groups is 1. The molecule has 0 fully saturated rings. The molecule has 21 heavy (non-hydrogen) atoms. The van der Waals surface area contributed by atoms with Crippen molar-refractivity contribution in [1.82, 2.24) is 5.32 Å². The number of hydrogen-bond donors (Lipinski definition) is 2. The zero-order valence-electron chi connectivity index (χ0n) is 11.9. The van der Waals surface area contributed by atoms with E-state index in [-0.39, 0.29) is 23.9 Å². The molecule has 0 bridgehead atoms. The number of rotatable bonds is 5. The van der Waals surface area contributed by atoms with Gasteiger partial charge in [0.25, 0.3) is 0 Å². The van der Waals surface area contributed by atoms with Crippen LogP contribution < -0.4 is 10.1 Å². The first-order valence-electron chi connectivity index (χ1n) is 6.55. The highest BCUT2D eigenvalue weighted by atomic mass is 19.1.